The standard InChI is InChI=1S/C13H15NO3/c1-3-8(2)7-11-14-12-9(13(15)16)5-4-6-10(12)17-11/h4-6,8H,3,7H2,1-2H3,(H,15,16). The number of para-hydroxylation sites is 1. The van der Waals surface area contributed by atoms with Gasteiger partial charge in [-0.25, -0.2) is 9.78 Å². The van der Waals surface area contributed by atoms with Crippen LogP contribution in [0.3, 0.4) is 0 Å². The van der Waals surface area contributed by atoms with E-state index in [1.165, 1.54) is 0 Å². The van der Waals surface area contributed by atoms with Crippen LogP contribution in [0.4, 0.5) is 0 Å². The Bertz CT molecular complexity index is 545. The Labute approximate surface area is 99.3 Å². The molecule has 4 heteroatoms. The van der Waals surface area contributed by atoms with Crippen LogP contribution in [0, 0.1) is 5.92 Å². The molecule has 0 amide bonds. The number of oxazole rings is 1. The largest absolute Gasteiger partial charge is 0.478 e. The molecule has 1 aromatic heterocycles. The van der Waals surface area contributed by atoms with E-state index < -0.39 is 5.97 Å². The van der Waals surface area contributed by atoms with Crippen LogP contribution in [0.5, 0.6) is 0 Å². The lowest BCUT2D eigenvalue weighted by molar-refractivity contribution is 0.0699. The van der Waals surface area contributed by atoms with Crippen molar-refractivity contribution in [1.82, 2.24) is 4.98 Å². The number of fused-ring (bicyclic) bond motifs is 1. The zero-order valence-corrected chi connectivity index (χ0v) is 9.93. The molecular weight excluding hydrogens is 218 g/mol. The zero-order valence-electron chi connectivity index (χ0n) is 9.93. The number of carbonyl (C=O) groups is 1. The van der Waals surface area contributed by atoms with E-state index in [4.69, 9.17) is 9.52 Å². The maximum atomic E-state index is 11.0. The third kappa shape index (κ3) is 2.30. The number of aromatic carboxylic acids is 1. The molecule has 1 aromatic carbocycles. The molecule has 0 aliphatic rings. The second-order valence-corrected chi connectivity index (χ2v) is 4.28. The first-order valence-electron chi connectivity index (χ1n) is 5.73. The van der Waals surface area contributed by atoms with Gasteiger partial charge in [-0.15, -0.1) is 0 Å². The van der Waals surface area contributed by atoms with Gasteiger partial charge in [0, 0.05) is 6.42 Å². The number of hydrogen-bond donors (Lipinski definition) is 1. The first-order chi connectivity index (χ1) is 8.11. The van der Waals surface area contributed by atoms with Crippen LogP contribution in [0.25, 0.3) is 11.1 Å². The summed E-state index contributed by atoms with van der Waals surface area (Å²) in [5, 5.41) is 9.04. The predicted octanol–water partition coefficient (Wildman–Crippen LogP) is 3.11. The van der Waals surface area contributed by atoms with E-state index in [1.807, 2.05) is 0 Å². The first-order valence-corrected chi connectivity index (χ1v) is 5.73. The molecule has 0 fully saturated rings. The second kappa shape index (κ2) is 4.57. The maximum absolute atomic E-state index is 11.0. The maximum Gasteiger partial charge on any atom is 0.338 e. The van der Waals surface area contributed by atoms with E-state index >= 15 is 0 Å². The van der Waals surface area contributed by atoms with Crippen LogP contribution in [-0.4, -0.2) is 16.1 Å². The van der Waals surface area contributed by atoms with Crippen molar-refractivity contribution in [3.05, 3.63) is 29.7 Å². The molecule has 2 rings (SSSR count). The van der Waals surface area contributed by atoms with Gasteiger partial charge in [-0.1, -0.05) is 26.3 Å². The molecule has 0 saturated carbocycles. The summed E-state index contributed by atoms with van der Waals surface area (Å²) in [6.07, 6.45) is 1.79. The molecule has 1 heterocycles. The second-order valence-electron chi connectivity index (χ2n) is 4.28. The van der Waals surface area contributed by atoms with Gasteiger partial charge in [-0.05, 0) is 18.1 Å². The van der Waals surface area contributed by atoms with Gasteiger partial charge in [-0.3, -0.25) is 0 Å². The van der Waals surface area contributed by atoms with Crippen LogP contribution < -0.4 is 0 Å². The van der Waals surface area contributed by atoms with Crippen LogP contribution in [-0.2, 0) is 6.42 Å². The third-order valence-corrected chi connectivity index (χ3v) is 2.91. The molecule has 0 spiro atoms. The van der Waals surface area contributed by atoms with Gasteiger partial charge >= 0.3 is 5.97 Å². The minimum Gasteiger partial charge on any atom is -0.478 e. The van der Waals surface area contributed by atoms with Crippen molar-refractivity contribution >= 4 is 17.1 Å². The van der Waals surface area contributed by atoms with Crippen molar-refractivity contribution < 1.29 is 14.3 Å². The molecule has 2 aromatic rings. The van der Waals surface area contributed by atoms with Crippen molar-refractivity contribution in [3.63, 3.8) is 0 Å². The Balaban J connectivity index is 2.43. The highest BCUT2D eigenvalue weighted by atomic mass is 16.4. The van der Waals surface area contributed by atoms with E-state index in [1.54, 1.807) is 18.2 Å². The summed E-state index contributed by atoms with van der Waals surface area (Å²) in [5.41, 5.74) is 1.18. The molecule has 90 valence electrons. The fourth-order valence-electron chi connectivity index (χ4n) is 1.70. The predicted molar refractivity (Wildman–Crippen MR) is 64.1 cm³/mol. The van der Waals surface area contributed by atoms with Crippen molar-refractivity contribution in [2.24, 2.45) is 5.92 Å². The molecule has 0 aliphatic heterocycles. The average molecular weight is 233 g/mol. The van der Waals surface area contributed by atoms with Gasteiger partial charge in [0.05, 0.1) is 5.56 Å². The van der Waals surface area contributed by atoms with Gasteiger partial charge in [-0.2, -0.15) is 0 Å². The van der Waals surface area contributed by atoms with E-state index in [9.17, 15) is 4.79 Å². The molecule has 4 nitrogen and oxygen atoms in total. The molecule has 1 unspecified atom stereocenters. The highest BCUT2D eigenvalue weighted by Gasteiger charge is 2.15. The molecular formula is C13H15NO3. The van der Waals surface area contributed by atoms with Crippen LogP contribution in [0.1, 0.15) is 36.5 Å². The molecule has 1 N–H and O–H groups in total. The van der Waals surface area contributed by atoms with Crippen molar-refractivity contribution in [3.8, 4) is 0 Å². The molecule has 17 heavy (non-hydrogen) atoms. The minimum absolute atomic E-state index is 0.196. The summed E-state index contributed by atoms with van der Waals surface area (Å²) in [5.74, 6) is 0.124. The number of benzene rings is 1. The smallest absolute Gasteiger partial charge is 0.338 e. The lowest BCUT2D eigenvalue weighted by Crippen LogP contribution is -1.99. The first kappa shape index (κ1) is 11.6. The van der Waals surface area contributed by atoms with Crippen LogP contribution >= 0.6 is 0 Å². The molecule has 0 bridgehead atoms. The highest BCUT2D eigenvalue weighted by molar-refractivity contribution is 6.00. The third-order valence-electron chi connectivity index (χ3n) is 2.91. The number of aromatic nitrogens is 1. The van der Waals surface area contributed by atoms with E-state index in [0.29, 0.717) is 22.9 Å². The lowest BCUT2D eigenvalue weighted by atomic mass is 10.1. The number of carboxylic acid groups (broad SMARTS) is 1. The van der Waals surface area contributed by atoms with E-state index in [2.05, 4.69) is 18.8 Å². The van der Waals surface area contributed by atoms with Gasteiger partial charge in [0.15, 0.2) is 11.5 Å². The number of nitrogens with zero attached hydrogens (tertiary/aromatic N) is 1. The van der Waals surface area contributed by atoms with Crippen molar-refractivity contribution in [2.75, 3.05) is 0 Å². The molecule has 1 atom stereocenters. The highest BCUT2D eigenvalue weighted by Crippen LogP contribution is 2.21. The quantitative estimate of drug-likeness (QED) is 0.881. The summed E-state index contributed by atoms with van der Waals surface area (Å²) in [6, 6.07) is 4.96. The topological polar surface area (TPSA) is 63.3 Å². The fraction of sp³-hybridized carbons (Fsp3) is 0.385. The van der Waals surface area contributed by atoms with E-state index in [0.717, 1.165) is 12.8 Å². The summed E-state index contributed by atoms with van der Waals surface area (Å²) < 4.78 is 5.56. The summed E-state index contributed by atoms with van der Waals surface area (Å²) in [7, 11) is 0. The van der Waals surface area contributed by atoms with Crippen LogP contribution in [0.15, 0.2) is 22.6 Å². The number of hydrogen-bond acceptors (Lipinski definition) is 3. The Kier molecular flexibility index (Phi) is 3.13. The van der Waals surface area contributed by atoms with Gasteiger partial charge in [0.2, 0.25) is 0 Å². The van der Waals surface area contributed by atoms with Crippen molar-refractivity contribution in [1.29, 1.82) is 0 Å². The Morgan fingerprint density at radius 1 is 1.53 bits per heavy atom. The summed E-state index contributed by atoms with van der Waals surface area (Å²) >= 11 is 0. The fourth-order valence-corrected chi connectivity index (χ4v) is 1.70. The Hall–Kier alpha value is -1.84. The SMILES string of the molecule is CCC(C)Cc1nc2c(C(=O)O)cccc2o1. The Morgan fingerprint density at radius 3 is 2.94 bits per heavy atom. The monoisotopic (exact) mass is 233 g/mol. The minimum atomic E-state index is -0.973. The number of carboxylic acids is 1. The van der Waals surface area contributed by atoms with Crippen LogP contribution in [0.2, 0.25) is 0 Å². The molecule has 0 saturated heterocycles. The zero-order chi connectivity index (χ0) is 12.4. The van der Waals surface area contributed by atoms with Gasteiger partial charge < -0.3 is 9.52 Å². The van der Waals surface area contributed by atoms with Gasteiger partial charge in [0.1, 0.15) is 5.52 Å². The van der Waals surface area contributed by atoms with E-state index in [-0.39, 0.29) is 5.56 Å². The molecule has 0 radical (unpaired) electrons. The Morgan fingerprint density at radius 2 is 2.29 bits per heavy atom. The molecule has 0 aliphatic carbocycles. The summed E-state index contributed by atoms with van der Waals surface area (Å²) in [6.45, 7) is 4.23. The summed E-state index contributed by atoms with van der Waals surface area (Å²) in [4.78, 5) is 15.3. The number of rotatable bonds is 4. The van der Waals surface area contributed by atoms with Crippen molar-refractivity contribution in [2.45, 2.75) is 26.7 Å². The normalized spacial score (nSPS) is 12.8. The van der Waals surface area contributed by atoms with Gasteiger partial charge in [0.25, 0.3) is 0 Å². The average Bonchev–Trinajstić information content (AvgIpc) is 2.70. The lowest BCUT2D eigenvalue weighted by Gasteiger charge is -2.02.